The predicted molar refractivity (Wildman–Crippen MR) is 116 cm³/mol. The molecule has 1 aliphatic rings. The van der Waals surface area contributed by atoms with E-state index in [1.807, 2.05) is 30.3 Å². The summed E-state index contributed by atoms with van der Waals surface area (Å²) < 4.78 is 13.7. The van der Waals surface area contributed by atoms with E-state index in [9.17, 15) is 18.8 Å². The molecule has 6 nitrogen and oxygen atoms in total. The summed E-state index contributed by atoms with van der Waals surface area (Å²) in [5.74, 6) is -1.78. The molecule has 7 heteroatoms. The second kappa shape index (κ2) is 8.79. The summed E-state index contributed by atoms with van der Waals surface area (Å²) in [7, 11) is 0. The van der Waals surface area contributed by atoms with Crippen molar-refractivity contribution in [2.45, 2.75) is 6.42 Å². The van der Waals surface area contributed by atoms with Gasteiger partial charge in [0.2, 0.25) is 11.8 Å². The Kier molecular flexibility index (Phi) is 5.75. The van der Waals surface area contributed by atoms with Crippen LogP contribution in [-0.2, 0) is 9.59 Å². The summed E-state index contributed by atoms with van der Waals surface area (Å²) in [5.41, 5.74) is 1.71. The fourth-order valence-electron chi connectivity index (χ4n) is 3.45. The van der Waals surface area contributed by atoms with E-state index in [1.54, 1.807) is 41.3 Å². The van der Waals surface area contributed by atoms with Crippen molar-refractivity contribution in [2.75, 3.05) is 22.1 Å². The number of halogens is 1. The number of carbonyl (C=O) groups excluding carboxylic acids is 3. The minimum atomic E-state index is -0.518. The van der Waals surface area contributed by atoms with Crippen LogP contribution in [-0.4, -0.2) is 24.3 Å². The van der Waals surface area contributed by atoms with Gasteiger partial charge in [-0.25, -0.2) is 4.39 Å². The van der Waals surface area contributed by atoms with E-state index in [0.29, 0.717) is 17.8 Å². The highest BCUT2D eigenvalue weighted by molar-refractivity contribution is 6.05. The van der Waals surface area contributed by atoms with Gasteiger partial charge in [-0.2, -0.15) is 0 Å². The predicted octanol–water partition coefficient (Wildman–Crippen LogP) is 4.07. The maximum absolute atomic E-state index is 13.7. The monoisotopic (exact) mass is 417 g/mol. The Morgan fingerprint density at radius 3 is 2.26 bits per heavy atom. The Bertz CT molecular complexity index is 1120. The number of hydrogen-bond donors (Lipinski definition) is 2. The summed E-state index contributed by atoms with van der Waals surface area (Å²) in [5, 5.41) is 5.30. The number of para-hydroxylation sites is 2. The Labute approximate surface area is 178 Å². The summed E-state index contributed by atoms with van der Waals surface area (Å²) in [6.45, 7) is 0.317. The van der Waals surface area contributed by atoms with Gasteiger partial charge in [0.1, 0.15) is 5.82 Å². The first-order chi connectivity index (χ1) is 15.0. The molecule has 0 aliphatic carbocycles. The van der Waals surface area contributed by atoms with Crippen LogP contribution in [0, 0.1) is 11.7 Å². The molecule has 0 aromatic heterocycles. The molecule has 3 aromatic carbocycles. The Balaban J connectivity index is 1.37. The molecule has 1 atom stereocenters. The maximum atomic E-state index is 13.7. The van der Waals surface area contributed by atoms with E-state index in [4.69, 9.17) is 0 Å². The van der Waals surface area contributed by atoms with Crippen molar-refractivity contribution in [1.82, 2.24) is 0 Å². The van der Waals surface area contributed by atoms with Crippen molar-refractivity contribution in [1.29, 1.82) is 0 Å². The highest BCUT2D eigenvalue weighted by Gasteiger charge is 2.35. The second-order valence-electron chi connectivity index (χ2n) is 7.24. The van der Waals surface area contributed by atoms with E-state index in [1.165, 1.54) is 12.1 Å². The summed E-state index contributed by atoms with van der Waals surface area (Å²) >= 11 is 0. The molecule has 156 valence electrons. The SMILES string of the molecule is O=C(Nc1ccccc1F)c1ccc(NC(=O)C2CC(=O)N(c3ccccc3)C2)cc1. The molecule has 0 radical (unpaired) electrons. The number of amides is 3. The molecule has 31 heavy (non-hydrogen) atoms. The van der Waals surface area contributed by atoms with Gasteiger partial charge in [0, 0.05) is 29.9 Å². The molecule has 4 rings (SSSR count). The van der Waals surface area contributed by atoms with Crippen molar-refractivity contribution < 1.29 is 18.8 Å². The topological polar surface area (TPSA) is 78.5 Å². The molecule has 0 bridgehead atoms. The number of benzene rings is 3. The number of rotatable bonds is 5. The number of nitrogens with one attached hydrogen (secondary N) is 2. The van der Waals surface area contributed by atoms with E-state index in [-0.39, 0.29) is 23.9 Å². The minimum Gasteiger partial charge on any atom is -0.326 e. The van der Waals surface area contributed by atoms with Gasteiger partial charge < -0.3 is 15.5 Å². The standard InChI is InChI=1S/C24H20FN3O3/c25-20-8-4-5-9-21(20)27-23(30)16-10-12-18(13-11-16)26-24(31)17-14-22(29)28(15-17)19-6-2-1-3-7-19/h1-13,17H,14-15H2,(H,26,31)(H,27,30). The summed E-state index contributed by atoms with van der Waals surface area (Å²) in [6, 6.07) is 21.4. The lowest BCUT2D eigenvalue weighted by atomic mass is 10.1. The van der Waals surface area contributed by atoms with Crippen LogP contribution in [0.15, 0.2) is 78.9 Å². The average Bonchev–Trinajstić information content (AvgIpc) is 3.18. The zero-order valence-corrected chi connectivity index (χ0v) is 16.5. The fraction of sp³-hybridized carbons (Fsp3) is 0.125. The van der Waals surface area contributed by atoms with Gasteiger partial charge in [-0.15, -0.1) is 0 Å². The largest absolute Gasteiger partial charge is 0.326 e. The second-order valence-corrected chi connectivity index (χ2v) is 7.24. The van der Waals surface area contributed by atoms with Crippen LogP contribution in [0.3, 0.4) is 0 Å². The first kappa shape index (κ1) is 20.3. The summed E-state index contributed by atoms with van der Waals surface area (Å²) in [4.78, 5) is 38.9. The Hall–Kier alpha value is -4.00. The third-order valence-corrected chi connectivity index (χ3v) is 5.10. The van der Waals surface area contributed by atoms with Gasteiger partial charge in [0.05, 0.1) is 11.6 Å². The molecule has 0 saturated carbocycles. The Morgan fingerprint density at radius 2 is 1.55 bits per heavy atom. The molecule has 0 spiro atoms. The van der Waals surface area contributed by atoms with Crippen LogP contribution in [0.4, 0.5) is 21.5 Å². The first-order valence-electron chi connectivity index (χ1n) is 9.83. The van der Waals surface area contributed by atoms with Crippen LogP contribution >= 0.6 is 0 Å². The fourth-order valence-corrected chi connectivity index (χ4v) is 3.45. The van der Waals surface area contributed by atoms with Crippen molar-refractivity contribution in [3.8, 4) is 0 Å². The van der Waals surface area contributed by atoms with Gasteiger partial charge in [0.15, 0.2) is 0 Å². The van der Waals surface area contributed by atoms with Gasteiger partial charge in [0.25, 0.3) is 5.91 Å². The minimum absolute atomic E-state index is 0.0912. The number of hydrogen-bond acceptors (Lipinski definition) is 3. The van der Waals surface area contributed by atoms with Crippen LogP contribution in [0.5, 0.6) is 0 Å². The van der Waals surface area contributed by atoms with Gasteiger partial charge in [-0.05, 0) is 48.5 Å². The molecule has 1 heterocycles. The van der Waals surface area contributed by atoms with Gasteiger partial charge >= 0.3 is 0 Å². The van der Waals surface area contributed by atoms with Crippen molar-refractivity contribution >= 4 is 34.8 Å². The van der Waals surface area contributed by atoms with Gasteiger partial charge in [-0.3, -0.25) is 14.4 Å². The Morgan fingerprint density at radius 1 is 0.871 bits per heavy atom. The molecular formula is C24H20FN3O3. The van der Waals surface area contributed by atoms with E-state index < -0.39 is 17.6 Å². The van der Waals surface area contributed by atoms with Crippen molar-refractivity contribution in [2.24, 2.45) is 5.92 Å². The maximum Gasteiger partial charge on any atom is 0.255 e. The lowest BCUT2D eigenvalue weighted by Crippen LogP contribution is -2.28. The molecule has 1 fully saturated rings. The molecule has 2 N–H and O–H groups in total. The lowest BCUT2D eigenvalue weighted by molar-refractivity contribution is -0.122. The zero-order chi connectivity index (χ0) is 21.8. The molecule has 1 saturated heterocycles. The highest BCUT2D eigenvalue weighted by Crippen LogP contribution is 2.26. The molecule has 3 aromatic rings. The van der Waals surface area contributed by atoms with Crippen LogP contribution in [0.2, 0.25) is 0 Å². The zero-order valence-electron chi connectivity index (χ0n) is 16.5. The third-order valence-electron chi connectivity index (χ3n) is 5.10. The van der Waals surface area contributed by atoms with Gasteiger partial charge in [-0.1, -0.05) is 30.3 Å². The molecule has 3 amide bonds. The molecule has 1 aliphatic heterocycles. The average molecular weight is 417 g/mol. The normalized spacial score (nSPS) is 15.6. The highest BCUT2D eigenvalue weighted by atomic mass is 19.1. The van der Waals surface area contributed by atoms with Crippen LogP contribution < -0.4 is 15.5 Å². The lowest BCUT2D eigenvalue weighted by Gasteiger charge is -2.16. The number of nitrogens with zero attached hydrogens (tertiary/aromatic N) is 1. The quantitative estimate of drug-likeness (QED) is 0.657. The molecular weight excluding hydrogens is 397 g/mol. The smallest absolute Gasteiger partial charge is 0.255 e. The van der Waals surface area contributed by atoms with Crippen LogP contribution in [0.25, 0.3) is 0 Å². The summed E-state index contributed by atoms with van der Waals surface area (Å²) in [6.07, 6.45) is 0.143. The van der Waals surface area contributed by atoms with E-state index in [0.717, 1.165) is 5.69 Å². The number of anilines is 3. The van der Waals surface area contributed by atoms with E-state index in [2.05, 4.69) is 10.6 Å². The third kappa shape index (κ3) is 4.61. The first-order valence-corrected chi connectivity index (χ1v) is 9.83. The number of carbonyl (C=O) groups is 3. The van der Waals surface area contributed by atoms with Crippen molar-refractivity contribution in [3.63, 3.8) is 0 Å². The van der Waals surface area contributed by atoms with Crippen molar-refractivity contribution in [3.05, 3.63) is 90.2 Å². The van der Waals surface area contributed by atoms with E-state index >= 15 is 0 Å². The molecule has 1 unspecified atom stereocenters. The van der Waals surface area contributed by atoms with Crippen LogP contribution in [0.1, 0.15) is 16.8 Å².